The molecular weight excluding hydrogens is 302 g/mol. The van der Waals surface area contributed by atoms with E-state index in [1.54, 1.807) is 12.4 Å². The molecule has 1 amide bonds. The standard InChI is InChI=1S/C19H15N3O2/c23-19(17-10-14-8-4-5-9-16(14)24-17)22-15-11-20-18(21-12-15)13-6-2-1-3-7-13/h1-9,11-12,17H,10H2,(H,22,23). The van der Waals surface area contributed by atoms with Crippen molar-refractivity contribution in [2.45, 2.75) is 12.5 Å². The maximum Gasteiger partial charge on any atom is 0.265 e. The van der Waals surface area contributed by atoms with Crippen LogP contribution in [0.15, 0.2) is 67.0 Å². The molecule has 1 aliphatic rings. The van der Waals surface area contributed by atoms with Gasteiger partial charge >= 0.3 is 0 Å². The Hall–Kier alpha value is -3.21. The van der Waals surface area contributed by atoms with Crippen LogP contribution in [-0.2, 0) is 11.2 Å². The number of hydrogen-bond donors (Lipinski definition) is 1. The first-order chi connectivity index (χ1) is 11.8. The molecule has 1 N–H and O–H groups in total. The summed E-state index contributed by atoms with van der Waals surface area (Å²) in [5.41, 5.74) is 2.54. The Morgan fingerprint density at radius 2 is 1.71 bits per heavy atom. The molecule has 0 bridgehead atoms. The molecular formula is C19H15N3O2. The van der Waals surface area contributed by atoms with Gasteiger partial charge in [0.25, 0.3) is 5.91 Å². The van der Waals surface area contributed by atoms with E-state index in [-0.39, 0.29) is 5.91 Å². The van der Waals surface area contributed by atoms with Gasteiger partial charge in [0.15, 0.2) is 11.9 Å². The van der Waals surface area contributed by atoms with Crippen LogP contribution in [0.3, 0.4) is 0 Å². The highest BCUT2D eigenvalue weighted by atomic mass is 16.5. The first kappa shape index (κ1) is 14.4. The Bertz CT molecular complexity index is 838. The van der Waals surface area contributed by atoms with Crippen LogP contribution in [0.1, 0.15) is 5.56 Å². The number of ether oxygens (including phenoxy) is 1. The number of hydrogen-bond acceptors (Lipinski definition) is 4. The van der Waals surface area contributed by atoms with Gasteiger partial charge in [0.05, 0.1) is 18.1 Å². The van der Waals surface area contributed by atoms with E-state index in [2.05, 4.69) is 15.3 Å². The van der Waals surface area contributed by atoms with Crippen molar-refractivity contribution in [2.75, 3.05) is 5.32 Å². The predicted molar refractivity (Wildman–Crippen MR) is 90.7 cm³/mol. The Balaban J connectivity index is 1.44. The molecule has 4 rings (SSSR count). The van der Waals surface area contributed by atoms with E-state index in [1.165, 1.54) is 0 Å². The first-order valence-electron chi connectivity index (χ1n) is 7.72. The van der Waals surface area contributed by atoms with E-state index in [0.29, 0.717) is 17.9 Å². The van der Waals surface area contributed by atoms with Crippen molar-refractivity contribution in [1.82, 2.24) is 9.97 Å². The van der Waals surface area contributed by atoms with Crippen LogP contribution < -0.4 is 10.1 Å². The van der Waals surface area contributed by atoms with Gasteiger partial charge in [0.1, 0.15) is 5.75 Å². The van der Waals surface area contributed by atoms with Crippen LogP contribution >= 0.6 is 0 Å². The Labute approximate surface area is 139 Å². The molecule has 5 nitrogen and oxygen atoms in total. The molecule has 118 valence electrons. The summed E-state index contributed by atoms with van der Waals surface area (Å²) in [5, 5.41) is 2.81. The topological polar surface area (TPSA) is 64.1 Å². The van der Waals surface area contributed by atoms with E-state index in [1.807, 2.05) is 54.6 Å². The smallest absolute Gasteiger partial charge is 0.265 e. The highest BCUT2D eigenvalue weighted by molar-refractivity contribution is 5.94. The zero-order valence-corrected chi connectivity index (χ0v) is 12.8. The molecule has 0 aliphatic carbocycles. The highest BCUT2D eigenvalue weighted by Crippen LogP contribution is 2.28. The van der Waals surface area contributed by atoms with Gasteiger partial charge in [0, 0.05) is 12.0 Å². The summed E-state index contributed by atoms with van der Waals surface area (Å²) in [6.45, 7) is 0. The third-order valence-electron chi connectivity index (χ3n) is 3.89. The van der Waals surface area contributed by atoms with Crippen LogP contribution in [0, 0.1) is 0 Å². The lowest BCUT2D eigenvalue weighted by molar-refractivity contribution is -0.122. The van der Waals surface area contributed by atoms with Crippen molar-refractivity contribution >= 4 is 11.6 Å². The number of nitrogens with one attached hydrogen (secondary N) is 1. The molecule has 0 fully saturated rings. The third-order valence-corrected chi connectivity index (χ3v) is 3.89. The lowest BCUT2D eigenvalue weighted by atomic mass is 10.1. The van der Waals surface area contributed by atoms with Crippen molar-refractivity contribution in [3.63, 3.8) is 0 Å². The van der Waals surface area contributed by atoms with E-state index >= 15 is 0 Å². The maximum absolute atomic E-state index is 12.3. The summed E-state index contributed by atoms with van der Waals surface area (Å²) in [6, 6.07) is 17.4. The second-order valence-corrected chi connectivity index (χ2v) is 5.57. The number of fused-ring (bicyclic) bond motifs is 1. The summed E-state index contributed by atoms with van der Waals surface area (Å²) in [7, 11) is 0. The maximum atomic E-state index is 12.3. The fraction of sp³-hybridized carbons (Fsp3) is 0.105. The van der Waals surface area contributed by atoms with Crippen LogP contribution in [0.4, 0.5) is 5.69 Å². The summed E-state index contributed by atoms with van der Waals surface area (Å²) in [4.78, 5) is 20.9. The molecule has 1 aliphatic heterocycles. The van der Waals surface area contributed by atoms with Crippen LogP contribution in [0.25, 0.3) is 11.4 Å². The predicted octanol–water partition coefficient (Wildman–Crippen LogP) is 3.09. The van der Waals surface area contributed by atoms with Crippen LogP contribution in [-0.4, -0.2) is 22.0 Å². The molecule has 2 aromatic carbocycles. The van der Waals surface area contributed by atoms with Crippen molar-refractivity contribution in [1.29, 1.82) is 0 Å². The highest BCUT2D eigenvalue weighted by Gasteiger charge is 2.28. The zero-order valence-electron chi connectivity index (χ0n) is 12.8. The lowest BCUT2D eigenvalue weighted by Gasteiger charge is -2.11. The number of benzene rings is 2. The van der Waals surface area contributed by atoms with Crippen molar-refractivity contribution < 1.29 is 9.53 Å². The molecule has 1 unspecified atom stereocenters. The average Bonchev–Trinajstić information content (AvgIpc) is 3.07. The van der Waals surface area contributed by atoms with Crippen molar-refractivity contribution in [3.8, 4) is 17.1 Å². The van der Waals surface area contributed by atoms with Gasteiger partial charge in [-0.05, 0) is 11.6 Å². The van der Waals surface area contributed by atoms with Gasteiger partial charge in [-0.2, -0.15) is 0 Å². The summed E-state index contributed by atoms with van der Waals surface area (Å²) in [5.74, 6) is 1.20. The lowest BCUT2D eigenvalue weighted by Crippen LogP contribution is -2.31. The van der Waals surface area contributed by atoms with Gasteiger partial charge in [-0.15, -0.1) is 0 Å². The Kier molecular flexibility index (Phi) is 3.67. The molecule has 0 saturated carbocycles. The summed E-state index contributed by atoms with van der Waals surface area (Å²) < 4.78 is 5.68. The van der Waals surface area contributed by atoms with Crippen LogP contribution in [0.5, 0.6) is 5.75 Å². The van der Waals surface area contributed by atoms with Gasteiger partial charge in [0.2, 0.25) is 0 Å². The van der Waals surface area contributed by atoms with Crippen molar-refractivity contribution in [2.24, 2.45) is 0 Å². The largest absolute Gasteiger partial charge is 0.480 e. The zero-order chi connectivity index (χ0) is 16.4. The quantitative estimate of drug-likeness (QED) is 0.806. The molecule has 0 saturated heterocycles. The van der Waals surface area contributed by atoms with E-state index in [0.717, 1.165) is 16.9 Å². The fourth-order valence-corrected chi connectivity index (χ4v) is 2.68. The molecule has 5 heteroatoms. The summed E-state index contributed by atoms with van der Waals surface area (Å²) >= 11 is 0. The SMILES string of the molecule is O=C(Nc1cnc(-c2ccccc2)nc1)C1Cc2ccccc2O1. The molecule has 2 heterocycles. The monoisotopic (exact) mass is 317 g/mol. The minimum Gasteiger partial charge on any atom is -0.480 e. The fourth-order valence-electron chi connectivity index (χ4n) is 2.68. The molecule has 0 radical (unpaired) electrons. The Morgan fingerprint density at radius 1 is 1.00 bits per heavy atom. The third kappa shape index (κ3) is 2.84. The minimum absolute atomic E-state index is 0.192. The van der Waals surface area contributed by atoms with E-state index < -0.39 is 6.10 Å². The van der Waals surface area contributed by atoms with E-state index in [9.17, 15) is 4.79 Å². The molecule has 24 heavy (non-hydrogen) atoms. The Morgan fingerprint density at radius 3 is 2.46 bits per heavy atom. The van der Waals surface area contributed by atoms with Crippen LogP contribution in [0.2, 0.25) is 0 Å². The van der Waals surface area contributed by atoms with Gasteiger partial charge in [-0.3, -0.25) is 4.79 Å². The summed E-state index contributed by atoms with van der Waals surface area (Å²) in [6.07, 6.45) is 3.27. The molecule has 1 atom stereocenters. The van der Waals surface area contributed by atoms with Gasteiger partial charge in [-0.25, -0.2) is 9.97 Å². The van der Waals surface area contributed by atoms with Crippen molar-refractivity contribution in [3.05, 3.63) is 72.6 Å². The molecule has 1 aromatic heterocycles. The number of rotatable bonds is 3. The number of para-hydroxylation sites is 1. The number of anilines is 1. The average molecular weight is 317 g/mol. The minimum atomic E-state index is -0.517. The number of aromatic nitrogens is 2. The second kappa shape index (κ2) is 6.12. The number of amides is 1. The number of nitrogens with zero attached hydrogens (tertiary/aromatic N) is 2. The molecule has 0 spiro atoms. The van der Waals surface area contributed by atoms with Gasteiger partial charge in [-0.1, -0.05) is 48.5 Å². The number of carbonyl (C=O) groups excluding carboxylic acids is 1. The first-order valence-corrected chi connectivity index (χ1v) is 7.72. The normalized spacial score (nSPS) is 15.4. The number of carbonyl (C=O) groups is 1. The molecule has 3 aromatic rings. The van der Waals surface area contributed by atoms with Gasteiger partial charge < -0.3 is 10.1 Å². The van der Waals surface area contributed by atoms with E-state index in [4.69, 9.17) is 4.74 Å². The second-order valence-electron chi connectivity index (χ2n) is 5.57.